The van der Waals surface area contributed by atoms with Gasteiger partial charge in [-0.15, -0.1) is 0 Å². The quantitative estimate of drug-likeness (QED) is 0.343. The number of hydrogen-bond acceptors (Lipinski definition) is 6. The van der Waals surface area contributed by atoms with Gasteiger partial charge in [-0.3, -0.25) is 8.37 Å². The maximum absolute atomic E-state index is 12.5. The van der Waals surface area contributed by atoms with Crippen LogP contribution in [0.4, 0.5) is 0 Å². The van der Waals surface area contributed by atoms with Crippen molar-refractivity contribution in [3.63, 3.8) is 0 Å². The van der Waals surface area contributed by atoms with Gasteiger partial charge in [-0.1, -0.05) is 0 Å². The minimum atomic E-state index is -3.91. The Kier molecular flexibility index (Phi) is 7.40. The van der Waals surface area contributed by atoms with E-state index in [9.17, 15) is 16.8 Å². The van der Waals surface area contributed by atoms with Gasteiger partial charge in [0.15, 0.2) is 0 Å². The van der Waals surface area contributed by atoms with Crippen LogP contribution in [-0.2, 0) is 28.6 Å². The van der Waals surface area contributed by atoms with E-state index in [1.54, 1.807) is 24.3 Å². The Bertz CT molecular complexity index is 935. The molecule has 0 spiro atoms. The monoisotopic (exact) mass is 648 g/mol. The van der Waals surface area contributed by atoms with E-state index in [4.69, 9.17) is 8.37 Å². The molecule has 10 heteroatoms. The first-order valence-electron chi connectivity index (χ1n) is 8.53. The smallest absolute Gasteiger partial charge is 0.263 e. The van der Waals surface area contributed by atoms with Gasteiger partial charge in [0.25, 0.3) is 20.2 Å². The predicted molar refractivity (Wildman–Crippen MR) is 121 cm³/mol. The van der Waals surface area contributed by atoms with Crippen molar-refractivity contribution in [2.24, 2.45) is 0 Å². The summed E-state index contributed by atoms with van der Waals surface area (Å²) in [5.74, 6) is 0. The minimum absolute atomic E-state index is 0.0856. The molecule has 1 aliphatic rings. The molecule has 0 amide bonds. The average molecular weight is 648 g/mol. The summed E-state index contributed by atoms with van der Waals surface area (Å²) in [4.78, 5) is 0.171. The van der Waals surface area contributed by atoms with Crippen LogP contribution in [-0.4, -0.2) is 29.0 Å². The molecule has 1 saturated carbocycles. The molecule has 1 fully saturated rings. The van der Waals surface area contributed by atoms with Crippen LogP contribution in [0.1, 0.15) is 25.7 Å². The van der Waals surface area contributed by atoms with E-state index in [0.717, 1.165) is 7.14 Å². The summed E-state index contributed by atoms with van der Waals surface area (Å²) < 4.78 is 62.5. The first-order valence-corrected chi connectivity index (χ1v) is 13.5. The van der Waals surface area contributed by atoms with Gasteiger partial charge >= 0.3 is 0 Å². The summed E-state index contributed by atoms with van der Waals surface area (Å²) in [5, 5.41) is 0. The second-order valence-corrected chi connectivity index (χ2v) is 12.1. The van der Waals surface area contributed by atoms with E-state index >= 15 is 0 Å². The third kappa shape index (κ3) is 5.88. The lowest BCUT2D eigenvalue weighted by Gasteiger charge is -2.28. The van der Waals surface area contributed by atoms with Crippen molar-refractivity contribution >= 4 is 65.4 Å². The molecular formula is C18H18I2O6S2. The highest BCUT2D eigenvalue weighted by Gasteiger charge is 2.31. The van der Waals surface area contributed by atoms with Crippen molar-refractivity contribution in [1.82, 2.24) is 0 Å². The molecule has 6 nitrogen and oxygen atoms in total. The van der Waals surface area contributed by atoms with Crippen molar-refractivity contribution in [1.29, 1.82) is 0 Å². The molecule has 0 saturated heterocycles. The summed E-state index contributed by atoms with van der Waals surface area (Å²) in [7, 11) is -7.82. The molecular weight excluding hydrogens is 630 g/mol. The summed E-state index contributed by atoms with van der Waals surface area (Å²) in [6, 6.07) is 12.7. The van der Waals surface area contributed by atoms with Gasteiger partial charge in [-0.2, -0.15) is 16.8 Å². The highest BCUT2D eigenvalue weighted by Crippen LogP contribution is 2.29. The Hall–Kier alpha value is -0.280. The molecule has 0 bridgehead atoms. The molecule has 0 heterocycles. The standard InChI is InChI=1S/C18H18I2O6S2/c19-13-4-8-17(9-5-13)27(21,22)25-15-2-1-3-16(12-15)26-28(23,24)18-10-6-14(20)7-11-18/h4-11,15-16H,1-3,12H2. The van der Waals surface area contributed by atoms with Crippen LogP contribution >= 0.6 is 45.2 Å². The van der Waals surface area contributed by atoms with Crippen molar-refractivity contribution < 1.29 is 25.2 Å². The Morgan fingerprint density at radius 1 is 0.679 bits per heavy atom. The van der Waals surface area contributed by atoms with Gasteiger partial charge in [0.05, 0.1) is 22.0 Å². The van der Waals surface area contributed by atoms with E-state index < -0.39 is 32.4 Å². The maximum Gasteiger partial charge on any atom is 0.297 e. The Labute approximate surface area is 192 Å². The molecule has 0 aliphatic heterocycles. The third-order valence-electron chi connectivity index (χ3n) is 4.31. The van der Waals surface area contributed by atoms with Crippen molar-refractivity contribution in [3.8, 4) is 0 Å². The van der Waals surface area contributed by atoms with Gasteiger partial charge < -0.3 is 0 Å². The lowest BCUT2D eigenvalue weighted by Crippen LogP contribution is -2.31. The Morgan fingerprint density at radius 2 is 1.04 bits per heavy atom. The molecule has 2 aromatic rings. The Balaban J connectivity index is 1.67. The zero-order valence-corrected chi connectivity index (χ0v) is 20.6. The van der Waals surface area contributed by atoms with Gasteiger partial charge in [0, 0.05) is 13.6 Å². The van der Waals surface area contributed by atoms with E-state index in [2.05, 4.69) is 45.2 Å². The molecule has 2 unspecified atom stereocenters. The van der Waals surface area contributed by atoms with Crippen LogP contribution in [0.25, 0.3) is 0 Å². The fourth-order valence-corrected chi connectivity index (χ4v) is 5.90. The SMILES string of the molecule is O=S(=O)(OC1CCCC(OS(=O)(=O)c2ccc(I)cc2)C1)c1ccc(I)cc1. The van der Waals surface area contributed by atoms with Crippen molar-refractivity contribution in [2.45, 2.75) is 47.7 Å². The second kappa shape index (κ2) is 9.25. The summed E-state index contributed by atoms with van der Waals surface area (Å²) in [5.41, 5.74) is 0. The van der Waals surface area contributed by atoms with E-state index in [1.165, 1.54) is 24.3 Å². The topological polar surface area (TPSA) is 86.7 Å². The zero-order chi connectivity index (χ0) is 20.4. The van der Waals surface area contributed by atoms with Gasteiger partial charge in [-0.25, -0.2) is 0 Å². The molecule has 2 aromatic carbocycles. The summed E-state index contributed by atoms with van der Waals surface area (Å²) >= 11 is 4.18. The van der Waals surface area contributed by atoms with Crippen molar-refractivity contribution in [3.05, 3.63) is 55.7 Å². The van der Waals surface area contributed by atoms with Gasteiger partial charge in [0.2, 0.25) is 0 Å². The molecule has 0 radical (unpaired) electrons. The lowest BCUT2D eigenvalue weighted by atomic mass is 9.95. The minimum Gasteiger partial charge on any atom is -0.263 e. The largest absolute Gasteiger partial charge is 0.297 e. The fourth-order valence-electron chi connectivity index (χ4n) is 2.95. The van der Waals surface area contributed by atoms with Crippen LogP contribution in [0.3, 0.4) is 0 Å². The van der Waals surface area contributed by atoms with Crippen LogP contribution in [0.2, 0.25) is 0 Å². The zero-order valence-electron chi connectivity index (χ0n) is 14.6. The highest BCUT2D eigenvalue weighted by molar-refractivity contribution is 14.1. The molecule has 0 N–H and O–H groups in total. The van der Waals surface area contributed by atoms with Gasteiger partial charge in [-0.05, 0) is 113 Å². The van der Waals surface area contributed by atoms with E-state index in [1.807, 2.05) is 0 Å². The number of hydrogen-bond donors (Lipinski definition) is 0. The first-order chi connectivity index (χ1) is 13.2. The van der Waals surface area contributed by atoms with E-state index in [0.29, 0.717) is 19.3 Å². The highest BCUT2D eigenvalue weighted by atomic mass is 127. The normalized spacial score (nSPS) is 20.8. The lowest BCUT2D eigenvalue weighted by molar-refractivity contribution is 0.0759. The second-order valence-electron chi connectivity index (χ2n) is 6.42. The van der Waals surface area contributed by atoms with Crippen LogP contribution < -0.4 is 0 Å². The number of benzene rings is 2. The van der Waals surface area contributed by atoms with Gasteiger partial charge in [0.1, 0.15) is 0 Å². The molecule has 0 aromatic heterocycles. The first kappa shape index (κ1) is 22.4. The van der Waals surface area contributed by atoms with Crippen LogP contribution in [0.15, 0.2) is 58.3 Å². The average Bonchev–Trinajstić information content (AvgIpc) is 2.62. The predicted octanol–water partition coefficient (Wildman–Crippen LogP) is 4.32. The van der Waals surface area contributed by atoms with E-state index in [-0.39, 0.29) is 16.2 Å². The summed E-state index contributed by atoms with van der Waals surface area (Å²) in [6.45, 7) is 0. The van der Waals surface area contributed by atoms with Crippen LogP contribution in [0.5, 0.6) is 0 Å². The molecule has 2 atom stereocenters. The molecule has 1 aliphatic carbocycles. The molecule has 28 heavy (non-hydrogen) atoms. The van der Waals surface area contributed by atoms with Crippen molar-refractivity contribution in [2.75, 3.05) is 0 Å². The molecule has 152 valence electrons. The van der Waals surface area contributed by atoms with Crippen LogP contribution in [0, 0.1) is 7.14 Å². The maximum atomic E-state index is 12.5. The fraction of sp³-hybridized carbons (Fsp3) is 0.333. The Morgan fingerprint density at radius 3 is 1.39 bits per heavy atom. The summed E-state index contributed by atoms with van der Waals surface area (Å²) in [6.07, 6.45) is 0.664. The number of halogens is 2. The third-order valence-corrected chi connectivity index (χ3v) is 8.50. The number of rotatable bonds is 6. The molecule has 3 rings (SSSR count).